The highest BCUT2D eigenvalue weighted by Gasteiger charge is 2.48. The minimum atomic E-state index is -2.31. The number of piperazine rings is 1. The van der Waals surface area contributed by atoms with Crippen molar-refractivity contribution in [2.45, 2.75) is 141 Å². The summed E-state index contributed by atoms with van der Waals surface area (Å²) in [5.74, 6) is 0.176. The number of benzene rings is 2. The van der Waals surface area contributed by atoms with E-state index >= 15 is 4.39 Å². The molecule has 0 unspecified atom stereocenters. The molecule has 1 amide bonds. The first-order valence-electron chi connectivity index (χ1n) is 21.3. The van der Waals surface area contributed by atoms with Gasteiger partial charge in [0, 0.05) is 46.7 Å². The molecule has 6 heterocycles. The average molecular weight is 794 g/mol. The van der Waals surface area contributed by atoms with E-state index < -0.39 is 19.7 Å². The standard InChI is InChI=1S/C45H60FN7O3Si/c1-28(2)57(29(3)4,30(5)6)52-26-36(38-31(23-47)13-10-14-37(38)52)34-17-18-35-40(39(34)46)48-42(55-27-45-19-11-21-51(45)22-12-20-45)49-41(35)50-24-32-15-16-33(25-50)53(32)43(54)56-44(7,8)9/h10,13-14,17-18,26,28-30,32-33H,11-12,15-16,19-22,24-25,27H2,1-9H3/t32-,33+. The number of aromatic nitrogens is 3. The molecule has 0 N–H and O–H groups in total. The zero-order valence-corrected chi connectivity index (χ0v) is 36.4. The number of anilines is 1. The Labute approximate surface area is 338 Å². The van der Waals surface area contributed by atoms with Crippen molar-refractivity contribution in [1.29, 1.82) is 5.26 Å². The van der Waals surface area contributed by atoms with Gasteiger partial charge in [0.15, 0.2) is 14.1 Å². The number of halogens is 1. The largest absolute Gasteiger partial charge is 0.461 e. The third-order valence-corrected chi connectivity index (χ3v) is 20.6. The lowest BCUT2D eigenvalue weighted by molar-refractivity contribution is 0.0122. The lowest BCUT2D eigenvalue weighted by atomic mass is 9.95. The number of rotatable bonds is 9. The minimum Gasteiger partial charge on any atom is -0.461 e. The van der Waals surface area contributed by atoms with Crippen molar-refractivity contribution in [2.24, 2.45) is 0 Å². The molecule has 0 radical (unpaired) electrons. The highest BCUT2D eigenvalue weighted by atomic mass is 28.3. The van der Waals surface area contributed by atoms with Gasteiger partial charge in [-0.3, -0.25) is 9.80 Å². The van der Waals surface area contributed by atoms with Gasteiger partial charge in [0.2, 0.25) is 0 Å². The number of fused-ring (bicyclic) bond motifs is 5. The second-order valence-corrected chi connectivity index (χ2v) is 24.8. The summed E-state index contributed by atoms with van der Waals surface area (Å²) in [4.78, 5) is 30.0. The predicted molar refractivity (Wildman–Crippen MR) is 227 cm³/mol. The molecule has 4 aliphatic rings. The first-order valence-corrected chi connectivity index (χ1v) is 23.5. The van der Waals surface area contributed by atoms with Gasteiger partial charge in [-0.1, -0.05) is 53.7 Å². The molecule has 2 aromatic carbocycles. The molecule has 12 heteroatoms. The van der Waals surface area contributed by atoms with Gasteiger partial charge >= 0.3 is 12.1 Å². The van der Waals surface area contributed by atoms with Crippen LogP contribution in [0, 0.1) is 17.1 Å². The predicted octanol–water partition coefficient (Wildman–Crippen LogP) is 9.88. The second-order valence-electron chi connectivity index (χ2n) is 19.1. The summed E-state index contributed by atoms with van der Waals surface area (Å²) < 4.78 is 32.6. The van der Waals surface area contributed by atoms with E-state index in [1.54, 1.807) is 0 Å². The summed E-state index contributed by atoms with van der Waals surface area (Å²) in [6, 6.07) is 12.2. The Kier molecular flexibility index (Phi) is 10.1. The maximum Gasteiger partial charge on any atom is 0.410 e. The van der Waals surface area contributed by atoms with Gasteiger partial charge in [-0.2, -0.15) is 15.2 Å². The van der Waals surface area contributed by atoms with E-state index in [0.29, 0.717) is 64.2 Å². The van der Waals surface area contributed by atoms with Gasteiger partial charge in [-0.05, 0) is 107 Å². The van der Waals surface area contributed by atoms with Crippen LogP contribution in [0.5, 0.6) is 6.01 Å². The van der Waals surface area contributed by atoms with Crippen molar-refractivity contribution >= 4 is 42.0 Å². The first-order chi connectivity index (χ1) is 27.1. The number of nitriles is 1. The van der Waals surface area contributed by atoms with Crippen LogP contribution in [0.25, 0.3) is 32.9 Å². The monoisotopic (exact) mass is 793 g/mol. The van der Waals surface area contributed by atoms with Gasteiger partial charge in [0.05, 0.1) is 29.3 Å². The molecule has 2 bridgehead atoms. The molecule has 0 aliphatic carbocycles. The second kappa shape index (κ2) is 14.6. The molecule has 4 aromatic rings. The maximum absolute atomic E-state index is 17.8. The summed E-state index contributed by atoms with van der Waals surface area (Å²) in [5, 5.41) is 11.8. The molecular formula is C45H60FN7O3Si. The van der Waals surface area contributed by atoms with Crippen LogP contribution < -0.4 is 9.64 Å². The third kappa shape index (κ3) is 6.48. The molecule has 8 rings (SSSR count). The van der Waals surface area contributed by atoms with Crippen molar-refractivity contribution in [3.63, 3.8) is 0 Å². The number of carbonyl (C=O) groups is 1. The van der Waals surface area contributed by atoms with Crippen LogP contribution in [0.3, 0.4) is 0 Å². The minimum absolute atomic E-state index is 0.0355. The highest BCUT2D eigenvalue weighted by molar-refractivity contribution is 6.82. The van der Waals surface area contributed by atoms with E-state index in [-0.39, 0.29) is 35.2 Å². The van der Waals surface area contributed by atoms with Crippen molar-refractivity contribution in [3.05, 3.63) is 47.9 Å². The number of amides is 1. The molecule has 4 fully saturated rings. The van der Waals surface area contributed by atoms with Crippen LogP contribution in [-0.2, 0) is 4.74 Å². The van der Waals surface area contributed by atoms with Crippen LogP contribution in [0.15, 0.2) is 36.5 Å². The summed E-state index contributed by atoms with van der Waals surface area (Å²) >= 11 is 0. The van der Waals surface area contributed by atoms with E-state index in [0.717, 1.165) is 62.5 Å². The van der Waals surface area contributed by atoms with E-state index in [1.807, 2.05) is 49.9 Å². The lowest BCUT2D eigenvalue weighted by Gasteiger charge is -2.44. The molecule has 2 aromatic heterocycles. The summed E-state index contributed by atoms with van der Waals surface area (Å²) in [5.41, 5.74) is 3.39. The van der Waals surface area contributed by atoms with Gasteiger partial charge in [-0.15, -0.1) is 0 Å². The molecular weight excluding hydrogens is 734 g/mol. The Balaban J connectivity index is 1.27. The van der Waals surface area contributed by atoms with Crippen LogP contribution in [0.2, 0.25) is 16.6 Å². The van der Waals surface area contributed by atoms with E-state index in [4.69, 9.17) is 19.4 Å². The van der Waals surface area contributed by atoms with E-state index in [1.165, 1.54) is 0 Å². The zero-order valence-electron chi connectivity index (χ0n) is 35.4. The van der Waals surface area contributed by atoms with Crippen molar-refractivity contribution < 1.29 is 18.7 Å². The quantitative estimate of drug-likeness (QED) is 0.155. The van der Waals surface area contributed by atoms with E-state index in [9.17, 15) is 10.1 Å². The van der Waals surface area contributed by atoms with Crippen molar-refractivity contribution in [1.82, 2.24) is 24.0 Å². The van der Waals surface area contributed by atoms with Gasteiger partial charge in [0.25, 0.3) is 0 Å². The highest BCUT2D eigenvalue weighted by Crippen LogP contribution is 2.48. The number of hydrogen-bond donors (Lipinski definition) is 0. The van der Waals surface area contributed by atoms with Crippen LogP contribution >= 0.6 is 0 Å². The molecule has 10 nitrogen and oxygen atoms in total. The van der Waals surface area contributed by atoms with Crippen LogP contribution in [0.4, 0.5) is 15.0 Å². The number of carbonyl (C=O) groups excluding carboxylic acids is 1. The van der Waals surface area contributed by atoms with Crippen molar-refractivity contribution in [2.75, 3.05) is 37.7 Å². The lowest BCUT2D eigenvalue weighted by Crippen LogP contribution is -2.57. The Bertz CT molecular complexity index is 2190. The summed E-state index contributed by atoms with van der Waals surface area (Å²) in [6.07, 6.45) is 8.01. The molecule has 304 valence electrons. The first kappa shape index (κ1) is 39.6. The normalized spacial score (nSPS) is 21.1. The van der Waals surface area contributed by atoms with Gasteiger partial charge in [-0.25, -0.2) is 9.18 Å². The van der Waals surface area contributed by atoms with Crippen LogP contribution in [0.1, 0.15) is 106 Å². The molecule has 0 spiro atoms. The molecule has 57 heavy (non-hydrogen) atoms. The van der Waals surface area contributed by atoms with Crippen LogP contribution in [-0.4, -0.2) is 94.3 Å². The smallest absolute Gasteiger partial charge is 0.410 e. The fourth-order valence-corrected chi connectivity index (χ4v) is 18.4. The fraction of sp³-hybridized carbons (Fsp3) is 0.600. The summed E-state index contributed by atoms with van der Waals surface area (Å²) in [6.45, 7) is 23.3. The Hall–Kier alpha value is -4.21. The number of hydrogen-bond acceptors (Lipinski definition) is 8. The fourth-order valence-electron chi connectivity index (χ4n) is 11.7. The van der Waals surface area contributed by atoms with Crippen molar-refractivity contribution in [3.8, 4) is 23.2 Å². The molecule has 4 saturated heterocycles. The average Bonchev–Trinajstić information content (AvgIpc) is 3.90. The van der Waals surface area contributed by atoms with Gasteiger partial charge < -0.3 is 18.6 Å². The third-order valence-electron chi connectivity index (χ3n) is 13.9. The molecule has 0 saturated carbocycles. The topological polar surface area (TPSA) is 99.8 Å². The molecule has 4 aliphatic heterocycles. The summed E-state index contributed by atoms with van der Waals surface area (Å²) in [7, 11) is -2.31. The van der Waals surface area contributed by atoms with Gasteiger partial charge in [0.1, 0.15) is 23.5 Å². The molecule has 2 atom stereocenters. The maximum atomic E-state index is 17.8. The Morgan fingerprint density at radius 1 is 0.965 bits per heavy atom. The number of ether oxygens (including phenoxy) is 2. The number of nitrogens with zero attached hydrogens (tertiary/aromatic N) is 7. The van der Waals surface area contributed by atoms with E-state index in [2.05, 4.69) is 73.9 Å². The Morgan fingerprint density at radius 2 is 1.61 bits per heavy atom. The Morgan fingerprint density at radius 3 is 2.21 bits per heavy atom. The SMILES string of the molecule is CC(C)[Si](C(C)C)(C(C)C)n1cc(-c2ccc3c(N4C[C@H]5CC[C@@H](C4)N5C(=O)OC(C)(C)C)nc(OCC45CCCN4CCC5)nc3c2F)c2c(C#N)cccc21. The zero-order chi connectivity index (χ0) is 40.6.